The molecule has 7 heteroatoms. The highest BCUT2D eigenvalue weighted by Gasteiger charge is 2.14. The Labute approximate surface area is 137 Å². The summed E-state index contributed by atoms with van der Waals surface area (Å²) in [5.41, 5.74) is 1.45. The van der Waals surface area contributed by atoms with Gasteiger partial charge in [0, 0.05) is 10.9 Å². The van der Waals surface area contributed by atoms with Crippen molar-refractivity contribution >= 4 is 61.5 Å². The van der Waals surface area contributed by atoms with Crippen LogP contribution in [0.25, 0.3) is 11.0 Å². The van der Waals surface area contributed by atoms with Crippen LogP contribution in [0.2, 0.25) is 4.34 Å². The van der Waals surface area contributed by atoms with Gasteiger partial charge in [-0.1, -0.05) is 11.6 Å². The van der Waals surface area contributed by atoms with Crippen LogP contribution in [0.1, 0.15) is 10.7 Å². The monoisotopic (exact) mass is 392 g/mol. The first-order valence-electron chi connectivity index (χ1n) is 5.73. The topological polar surface area (TPSA) is 17.8 Å². The average Bonchev–Trinajstić information content (AvgIpc) is 2.96. The lowest BCUT2D eigenvalue weighted by molar-refractivity contribution is 0.622. The zero-order valence-corrected chi connectivity index (χ0v) is 14.0. The Hall–Kier alpha value is -0.620. The van der Waals surface area contributed by atoms with Crippen LogP contribution in [0.15, 0.2) is 28.7 Å². The molecule has 0 spiro atoms. The van der Waals surface area contributed by atoms with Gasteiger partial charge in [0.2, 0.25) is 0 Å². The number of fused-ring (bicyclic) bond motifs is 1. The molecule has 0 unspecified atom stereocenters. The average molecular weight is 394 g/mol. The number of thiophene rings is 1. The van der Waals surface area contributed by atoms with E-state index < -0.39 is 0 Å². The van der Waals surface area contributed by atoms with E-state index in [1.807, 2.05) is 16.7 Å². The highest BCUT2D eigenvalue weighted by Crippen LogP contribution is 2.28. The van der Waals surface area contributed by atoms with Crippen LogP contribution in [-0.2, 0) is 12.4 Å². The van der Waals surface area contributed by atoms with Crippen molar-refractivity contribution in [3.8, 4) is 0 Å². The summed E-state index contributed by atoms with van der Waals surface area (Å²) in [6, 6.07) is 6.96. The standard InChI is InChI=1S/C13H8BrCl2FN2S/c14-8-3-11-10(4-9(8)17)18-13(5-15)19(11)6-7-1-2-12(16)20-7/h1-4H,5-6H2. The van der Waals surface area contributed by atoms with E-state index in [4.69, 9.17) is 23.2 Å². The first-order chi connectivity index (χ1) is 9.58. The lowest BCUT2D eigenvalue weighted by Crippen LogP contribution is -2.02. The SMILES string of the molecule is Fc1cc2nc(CCl)n(Cc3ccc(Cl)s3)c2cc1Br. The predicted molar refractivity (Wildman–Crippen MR) is 85.4 cm³/mol. The summed E-state index contributed by atoms with van der Waals surface area (Å²) < 4.78 is 16.7. The van der Waals surface area contributed by atoms with Crippen LogP contribution in [0.3, 0.4) is 0 Å². The van der Waals surface area contributed by atoms with Crippen LogP contribution in [0.5, 0.6) is 0 Å². The van der Waals surface area contributed by atoms with Crippen molar-refractivity contribution in [1.82, 2.24) is 9.55 Å². The summed E-state index contributed by atoms with van der Waals surface area (Å²) in [6.45, 7) is 0.619. The molecule has 2 aromatic heterocycles. The third kappa shape index (κ3) is 2.60. The van der Waals surface area contributed by atoms with Crippen molar-refractivity contribution in [3.63, 3.8) is 0 Å². The van der Waals surface area contributed by atoms with Gasteiger partial charge < -0.3 is 4.57 Å². The van der Waals surface area contributed by atoms with Crippen molar-refractivity contribution < 1.29 is 4.39 Å². The first kappa shape index (κ1) is 14.3. The van der Waals surface area contributed by atoms with Crippen molar-refractivity contribution in [1.29, 1.82) is 0 Å². The van der Waals surface area contributed by atoms with Gasteiger partial charge >= 0.3 is 0 Å². The minimum Gasteiger partial charge on any atom is -0.322 e. The predicted octanol–water partition coefficient (Wildman–Crippen LogP) is 5.44. The molecule has 2 nitrogen and oxygen atoms in total. The maximum atomic E-state index is 13.6. The number of nitrogens with zero attached hydrogens (tertiary/aromatic N) is 2. The molecule has 104 valence electrons. The second kappa shape index (κ2) is 5.64. The maximum absolute atomic E-state index is 13.6. The van der Waals surface area contributed by atoms with Crippen LogP contribution < -0.4 is 0 Å². The quantitative estimate of drug-likeness (QED) is 0.541. The molecular formula is C13H8BrCl2FN2S. The van der Waals surface area contributed by atoms with E-state index >= 15 is 0 Å². The van der Waals surface area contributed by atoms with E-state index in [0.717, 1.165) is 14.7 Å². The van der Waals surface area contributed by atoms with E-state index in [9.17, 15) is 4.39 Å². The van der Waals surface area contributed by atoms with E-state index in [1.54, 1.807) is 6.07 Å². The number of alkyl halides is 1. The Morgan fingerprint density at radius 3 is 2.80 bits per heavy atom. The van der Waals surface area contributed by atoms with Gasteiger partial charge in [0.25, 0.3) is 0 Å². The zero-order valence-electron chi connectivity index (χ0n) is 10.0. The molecule has 0 aliphatic heterocycles. The van der Waals surface area contributed by atoms with Crippen molar-refractivity contribution in [3.05, 3.63) is 49.6 Å². The summed E-state index contributed by atoms with van der Waals surface area (Å²) >= 11 is 16.6. The van der Waals surface area contributed by atoms with Crippen molar-refractivity contribution in [2.45, 2.75) is 12.4 Å². The summed E-state index contributed by atoms with van der Waals surface area (Å²) in [5, 5.41) is 0. The molecule has 0 saturated heterocycles. The van der Waals surface area contributed by atoms with Crippen LogP contribution in [-0.4, -0.2) is 9.55 Å². The summed E-state index contributed by atoms with van der Waals surface area (Å²) in [5.74, 6) is 0.652. The van der Waals surface area contributed by atoms with Gasteiger partial charge in [0.1, 0.15) is 11.6 Å². The number of aromatic nitrogens is 2. The number of hydrogen-bond acceptors (Lipinski definition) is 2. The molecule has 3 aromatic rings. The molecule has 0 aliphatic carbocycles. The molecule has 2 heterocycles. The summed E-state index contributed by atoms with van der Waals surface area (Å²) in [7, 11) is 0. The molecule has 0 atom stereocenters. The van der Waals surface area contributed by atoms with Gasteiger partial charge in [-0.2, -0.15) is 0 Å². The van der Waals surface area contributed by atoms with E-state index in [-0.39, 0.29) is 11.7 Å². The Morgan fingerprint density at radius 1 is 1.35 bits per heavy atom. The third-order valence-electron chi connectivity index (χ3n) is 2.93. The second-order valence-corrected chi connectivity index (χ2v) is 7.13. The Bertz CT molecular complexity index is 784. The first-order valence-corrected chi connectivity index (χ1v) is 8.25. The van der Waals surface area contributed by atoms with Gasteiger partial charge in [-0.15, -0.1) is 22.9 Å². The zero-order chi connectivity index (χ0) is 14.3. The minimum absolute atomic E-state index is 0.271. The van der Waals surface area contributed by atoms with Crippen molar-refractivity contribution in [2.75, 3.05) is 0 Å². The molecule has 1 aromatic carbocycles. The Morgan fingerprint density at radius 2 is 2.15 bits per heavy atom. The van der Waals surface area contributed by atoms with Gasteiger partial charge in [0.15, 0.2) is 0 Å². The molecule has 0 N–H and O–H groups in total. The Balaban J connectivity index is 2.14. The van der Waals surface area contributed by atoms with Gasteiger partial charge in [0.05, 0.1) is 32.3 Å². The van der Waals surface area contributed by atoms with Crippen LogP contribution >= 0.6 is 50.5 Å². The van der Waals surface area contributed by atoms with E-state index in [0.29, 0.717) is 22.4 Å². The van der Waals surface area contributed by atoms with Gasteiger partial charge in [-0.05, 0) is 34.1 Å². The number of halogens is 4. The maximum Gasteiger partial charge on any atom is 0.139 e. The Kier molecular flexibility index (Phi) is 4.04. The lowest BCUT2D eigenvalue weighted by atomic mass is 10.3. The minimum atomic E-state index is -0.331. The summed E-state index contributed by atoms with van der Waals surface area (Å²) in [6.07, 6.45) is 0. The molecule has 0 fully saturated rings. The molecule has 0 saturated carbocycles. The molecule has 3 rings (SSSR count). The van der Waals surface area contributed by atoms with Gasteiger partial charge in [-0.25, -0.2) is 9.37 Å². The van der Waals surface area contributed by atoms with E-state index in [2.05, 4.69) is 20.9 Å². The summed E-state index contributed by atoms with van der Waals surface area (Å²) in [4.78, 5) is 5.48. The number of benzene rings is 1. The fraction of sp³-hybridized carbons (Fsp3) is 0.154. The van der Waals surface area contributed by atoms with Gasteiger partial charge in [-0.3, -0.25) is 0 Å². The molecule has 0 bridgehead atoms. The van der Waals surface area contributed by atoms with E-state index in [1.165, 1.54) is 17.4 Å². The number of imidazole rings is 1. The highest BCUT2D eigenvalue weighted by atomic mass is 79.9. The third-order valence-corrected chi connectivity index (χ3v) is 4.99. The fourth-order valence-corrected chi connectivity index (χ4v) is 3.65. The normalized spacial score (nSPS) is 11.4. The lowest BCUT2D eigenvalue weighted by Gasteiger charge is -2.06. The highest BCUT2D eigenvalue weighted by molar-refractivity contribution is 9.10. The van der Waals surface area contributed by atoms with Crippen molar-refractivity contribution in [2.24, 2.45) is 0 Å². The number of hydrogen-bond donors (Lipinski definition) is 0. The molecular weight excluding hydrogens is 386 g/mol. The smallest absolute Gasteiger partial charge is 0.139 e. The molecule has 20 heavy (non-hydrogen) atoms. The molecule has 0 amide bonds. The fourth-order valence-electron chi connectivity index (χ4n) is 2.04. The molecule has 0 radical (unpaired) electrons. The second-order valence-electron chi connectivity index (χ2n) is 4.21. The molecule has 0 aliphatic rings. The van der Waals surface area contributed by atoms with Crippen LogP contribution in [0, 0.1) is 5.82 Å². The van der Waals surface area contributed by atoms with Crippen LogP contribution in [0.4, 0.5) is 4.39 Å². The number of rotatable bonds is 3. The largest absolute Gasteiger partial charge is 0.322 e.